The van der Waals surface area contributed by atoms with E-state index >= 15 is 0 Å². The van der Waals surface area contributed by atoms with Crippen molar-refractivity contribution in [1.29, 1.82) is 0 Å². The SMILES string of the molecule is CC(C)=C(/N=C1/CCC/C1=C(/C)Nc1ccc(C2(C(=O)O)CCC2)cc1)Nc1ccc(SN2CCCC2)cc1. The molecule has 0 atom stereocenters. The van der Waals surface area contributed by atoms with Crippen LogP contribution >= 0.6 is 11.9 Å². The Morgan fingerprint density at radius 3 is 2.10 bits per heavy atom. The third-order valence-corrected chi connectivity index (χ3v) is 9.27. The Morgan fingerprint density at radius 2 is 1.51 bits per heavy atom. The maximum absolute atomic E-state index is 11.9. The third-order valence-electron chi connectivity index (χ3n) is 8.16. The highest BCUT2D eigenvalue weighted by Crippen LogP contribution is 2.44. The minimum atomic E-state index is -0.708. The largest absolute Gasteiger partial charge is 0.481 e. The van der Waals surface area contributed by atoms with E-state index < -0.39 is 11.4 Å². The van der Waals surface area contributed by atoms with Crippen LogP contribution in [0.1, 0.15) is 77.7 Å². The van der Waals surface area contributed by atoms with E-state index in [0.717, 1.165) is 78.3 Å². The number of allylic oxidation sites excluding steroid dienone is 3. The van der Waals surface area contributed by atoms with Crippen LogP contribution in [0.25, 0.3) is 0 Å². The number of hydrogen-bond acceptors (Lipinski definition) is 6. The molecule has 3 N–H and O–H groups in total. The zero-order valence-electron chi connectivity index (χ0n) is 23.3. The van der Waals surface area contributed by atoms with E-state index in [-0.39, 0.29) is 0 Å². The average molecular weight is 545 g/mol. The molecular weight excluding hydrogens is 504 g/mol. The Bertz CT molecular complexity index is 1280. The van der Waals surface area contributed by atoms with E-state index in [1.54, 1.807) is 0 Å². The zero-order valence-corrected chi connectivity index (χ0v) is 24.2. The van der Waals surface area contributed by atoms with Crippen LogP contribution in [-0.2, 0) is 10.2 Å². The second-order valence-corrected chi connectivity index (χ2v) is 12.4. The fourth-order valence-corrected chi connectivity index (χ4v) is 6.64. The van der Waals surface area contributed by atoms with Crippen molar-refractivity contribution >= 4 is 35.0 Å². The molecule has 2 saturated carbocycles. The molecule has 0 aromatic heterocycles. The lowest BCUT2D eigenvalue weighted by molar-refractivity contribution is -0.147. The van der Waals surface area contributed by atoms with Crippen molar-refractivity contribution in [3.8, 4) is 0 Å². The number of rotatable bonds is 9. The number of nitrogens with one attached hydrogen (secondary N) is 2. The van der Waals surface area contributed by atoms with Gasteiger partial charge in [-0.1, -0.05) is 18.6 Å². The van der Waals surface area contributed by atoms with Gasteiger partial charge in [0.2, 0.25) is 0 Å². The minimum absolute atomic E-state index is 0.696. The molecule has 3 fully saturated rings. The molecule has 0 unspecified atom stereocenters. The quantitative estimate of drug-likeness (QED) is 0.278. The van der Waals surface area contributed by atoms with E-state index in [1.165, 1.54) is 36.4 Å². The second-order valence-electron chi connectivity index (χ2n) is 11.2. The summed E-state index contributed by atoms with van der Waals surface area (Å²) in [5, 5.41) is 16.9. The van der Waals surface area contributed by atoms with Gasteiger partial charge in [0.1, 0.15) is 5.82 Å². The molecule has 0 bridgehead atoms. The number of benzene rings is 2. The molecule has 0 amide bonds. The van der Waals surface area contributed by atoms with Gasteiger partial charge in [0.25, 0.3) is 0 Å². The molecular formula is C32H40N4O2S. The highest BCUT2D eigenvalue weighted by atomic mass is 32.2. The van der Waals surface area contributed by atoms with Crippen LogP contribution < -0.4 is 10.6 Å². The number of carbonyl (C=O) groups is 1. The standard InChI is InChI=1S/C32H40N4O2S/c1-22(2)30(34-26-14-16-27(17-15-26)39-36-20-4-5-21-36)35-29-9-6-8-28(29)23(3)33-25-12-10-24(11-13-25)32(31(37)38)18-7-19-32/h10-17,33-34H,4-9,18-21H2,1-3H3,(H,37,38)/b28-23+,35-29-. The molecule has 1 aliphatic heterocycles. The van der Waals surface area contributed by atoms with E-state index in [2.05, 4.69) is 60.0 Å². The smallest absolute Gasteiger partial charge is 0.314 e. The van der Waals surface area contributed by atoms with Crippen molar-refractivity contribution in [2.75, 3.05) is 23.7 Å². The van der Waals surface area contributed by atoms with Crippen molar-refractivity contribution in [3.63, 3.8) is 0 Å². The monoisotopic (exact) mass is 544 g/mol. The molecule has 2 aromatic rings. The van der Waals surface area contributed by atoms with Gasteiger partial charge in [-0.15, -0.1) is 0 Å². The van der Waals surface area contributed by atoms with Gasteiger partial charge in [0.15, 0.2) is 0 Å². The Hall–Kier alpha value is -3.03. The second kappa shape index (κ2) is 12.0. The summed E-state index contributed by atoms with van der Waals surface area (Å²) in [6, 6.07) is 16.6. The van der Waals surface area contributed by atoms with Crippen molar-refractivity contribution < 1.29 is 9.90 Å². The summed E-state index contributed by atoms with van der Waals surface area (Å²) in [6.07, 6.45) is 8.05. The molecule has 1 heterocycles. The van der Waals surface area contributed by atoms with E-state index in [9.17, 15) is 9.90 Å². The van der Waals surface area contributed by atoms with Crippen LogP contribution in [0.3, 0.4) is 0 Å². The maximum Gasteiger partial charge on any atom is 0.314 e. The Balaban J connectivity index is 1.27. The summed E-state index contributed by atoms with van der Waals surface area (Å²) in [6.45, 7) is 8.65. The lowest BCUT2D eigenvalue weighted by Crippen LogP contribution is -2.42. The normalized spacial score (nSPS) is 20.9. The predicted molar refractivity (Wildman–Crippen MR) is 162 cm³/mol. The van der Waals surface area contributed by atoms with Gasteiger partial charge in [-0.3, -0.25) is 4.79 Å². The average Bonchev–Trinajstić information content (AvgIpc) is 3.57. The van der Waals surface area contributed by atoms with Crippen molar-refractivity contribution in [1.82, 2.24) is 4.31 Å². The minimum Gasteiger partial charge on any atom is -0.481 e. The fraction of sp³-hybridized carbons (Fsp3) is 0.438. The van der Waals surface area contributed by atoms with E-state index in [4.69, 9.17) is 4.99 Å². The number of carboxylic acid groups (broad SMARTS) is 1. The highest BCUT2D eigenvalue weighted by Gasteiger charge is 2.45. The summed E-state index contributed by atoms with van der Waals surface area (Å²) in [5.74, 6) is 0.195. The number of anilines is 2. The first-order valence-corrected chi connectivity index (χ1v) is 15.0. The molecule has 3 aliphatic rings. The van der Waals surface area contributed by atoms with Gasteiger partial charge in [-0.25, -0.2) is 9.30 Å². The molecule has 6 nitrogen and oxygen atoms in total. The number of aliphatic carboxylic acids is 1. The van der Waals surface area contributed by atoms with Crippen LogP contribution in [0.5, 0.6) is 0 Å². The van der Waals surface area contributed by atoms with E-state index in [1.807, 2.05) is 36.2 Å². The van der Waals surface area contributed by atoms with Gasteiger partial charge in [-0.05, 0) is 131 Å². The number of hydrogen-bond donors (Lipinski definition) is 3. The molecule has 0 radical (unpaired) electrons. The number of carboxylic acids is 1. The highest BCUT2D eigenvalue weighted by molar-refractivity contribution is 7.97. The van der Waals surface area contributed by atoms with Gasteiger partial charge in [0, 0.05) is 40.8 Å². The summed E-state index contributed by atoms with van der Waals surface area (Å²) in [7, 11) is 0. The first-order chi connectivity index (χ1) is 18.8. The lowest BCUT2D eigenvalue weighted by atomic mass is 9.64. The fourth-order valence-electron chi connectivity index (χ4n) is 5.64. The van der Waals surface area contributed by atoms with Crippen molar-refractivity contribution in [3.05, 3.63) is 76.8 Å². The molecule has 0 spiro atoms. The van der Waals surface area contributed by atoms with Crippen LogP contribution in [-0.4, -0.2) is 34.2 Å². The summed E-state index contributed by atoms with van der Waals surface area (Å²) in [4.78, 5) is 18.2. The Labute approximate surface area is 236 Å². The maximum atomic E-state index is 11.9. The van der Waals surface area contributed by atoms with Gasteiger partial charge < -0.3 is 15.7 Å². The van der Waals surface area contributed by atoms with Crippen LogP contribution in [0.15, 0.2) is 81.1 Å². The number of aliphatic imine (C=N–C) groups is 1. The lowest BCUT2D eigenvalue weighted by Gasteiger charge is -2.38. The molecule has 5 rings (SSSR count). The molecule has 206 valence electrons. The van der Waals surface area contributed by atoms with Crippen LogP contribution in [0, 0.1) is 0 Å². The van der Waals surface area contributed by atoms with Crippen molar-refractivity contribution in [2.45, 2.75) is 82.4 Å². The van der Waals surface area contributed by atoms with Crippen molar-refractivity contribution in [2.24, 2.45) is 4.99 Å². The van der Waals surface area contributed by atoms with Gasteiger partial charge in [0.05, 0.1) is 5.41 Å². The summed E-state index contributed by atoms with van der Waals surface area (Å²) >= 11 is 1.85. The molecule has 1 saturated heterocycles. The molecule has 2 aliphatic carbocycles. The summed E-state index contributed by atoms with van der Waals surface area (Å²) in [5.41, 5.74) is 6.87. The van der Waals surface area contributed by atoms with Crippen LogP contribution in [0.4, 0.5) is 11.4 Å². The molecule has 7 heteroatoms. The Kier molecular flexibility index (Phi) is 8.48. The predicted octanol–water partition coefficient (Wildman–Crippen LogP) is 7.97. The zero-order chi connectivity index (χ0) is 27.4. The third kappa shape index (κ3) is 6.25. The summed E-state index contributed by atoms with van der Waals surface area (Å²) < 4.78 is 2.44. The first-order valence-electron chi connectivity index (χ1n) is 14.2. The van der Waals surface area contributed by atoms with Gasteiger partial charge in [-0.2, -0.15) is 0 Å². The molecule has 39 heavy (non-hydrogen) atoms. The Morgan fingerprint density at radius 1 is 0.872 bits per heavy atom. The van der Waals surface area contributed by atoms with Gasteiger partial charge >= 0.3 is 5.97 Å². The topological polar surface area (TPSA) is 77.0 Å². The number of nitrogens with zero attached hydrogens (tertiary/aromatic N) is 2. The molecule has 2 aromatic carbocycles. The van der Waals surface area contributed by atoms with Crippen LogP contribution in [0.2, 0.25) is 0 Å². The first kappa shape index (κ1) is 27.5. The van der Waals surface area contributed by atoms with E-state index in [0.29, 0.717) is 0 Å².